The molecule has 2 N–H and O–H groups in total. The van der Waals surface area contributed by atoms with Crippen LogP contribution in [0.4, 0.5) is 4.39 Å². The van der Waals surface area contributed by atoms with Gasteiger partial charge in [0.1, 0.15) is 12.1 Å². The number of hydrogen-bond acceptors (Lipinski definition) is 4. The largest absolute Gasteiger partial charge is 0.444 e. The van der Waals surface area contributed by atoms with Crippen molar-refractivity contribution in [1.82, 2.24) is 20.5 Å². The summed E-state index contributed by atoms with van der Waals surface area (Å²) in [5, 5.41) is 6.73. The first-order valence-electron chi connectivity index (χ1n) is 10.6. The number of aliphatic imine (C=N–C) groups is 1. The molecule has 0 aliphatic carbocycles. The van der Waals surface area contributed by atoms with E-state index in [0.29, 0.717) is 12.4 Å². The van der Waals surface area contributed by atoms with Crippen LogP contribution in [0.1, 0.15) is 38.3 Å². The number of halogens is 1. The van der Waals surface area contributed by atoms with Gasteiger partial charge in [0, 0.05) is 44.7 Å². The number of hydrogen-bond donors (Lipinski definition) is 2. The van der Waals surface area contributed by atoms with E-state index in [1.807, 2.05) is 0 Å². The maximum Gasteiger partial charge on any atom is 0.226 e. The standard InChI is InChI=1S/C22H32FN5O/c1-3-20-6-4-5-14-28(20)15-13-26-22(24-2)25-12-11-19-16-29-21(27-19)17-7-9-18(23)10-8-17/h7-10,16,20H,3-6,11-15H2,1-2H3,(H2,24,25,26). The highest BCUT2D eigenvalue weighted by Crippen LogP contribution is 2.19. The van der Waals surface area contributed by atoms with Crippen LogP contribution in [0.15, 0.2) is 39.9 Å². The van der Waals surface area contributed by atoms with E-state index in [0.717, 1.165) is 42.8 Å². The number of rotatable bonds is 8. The summed E-state index contributed by atoms with van der Waals surface area (Å²) in [6, 6.07) is 6.87. The molecule has 2 heterocycles. The van der Waals surface area contributed by atoms with Crippen molar-refractivity contribution in [3.8, 4) is 11.5 Å². The smallest absolute Gasteiger partial charge is 0.226 e. The average Bonchev–Trinajstić information content (AvgIpc) is 3.22. The molecule has 0 saturated carbocycles. The molecule has 3 rings (SSSR count). The van der Waals surface area contributed by atoms with Crippen LogP contribution in [0.5, 0.6) is 0 Å². The Bertz CT molecular complexity index is 774. The van der Waals surface area contributed by atoms with Crippen molar-refractivity contribution in [1.29, 1.82) is 0 Å². The fraction of sp³-hybridized carbons (Fsp3) is 0.545. The third-order valence-electron chi connectivity index (χ3n) is 5.45. The zero-order valence-electron chi connectivity index (χ0n) is 17.5. The van der Waals surface area contributed by atoms with Crippen molar-refractivity contribution < 1.29 is 8.81 Å². The molecule has 1 aliphatic heterocycles. The predicted molar refractivity (Wildman–Crippen MR) is 114 cm³/mol. The minimum absolute atomic E-state index is 0.269. The fourth-order valence-corrected chi connectivity index (χ4v) is 3.81. The summed E-state index contributed by atoms with van der Waals surface area (Å²) < 4.78 is 18.6. The highest BCUT2D eigenvalue weighted by molar-refractivity contribution is 5.79. The van der Waals surface area contributed by atoms with Gasteiger partial charge in [-0.2, -0.15) is 0 Å². The lowest BCUT2D eigenvalue weighted by atomic mass is 10.0. The summed E-state index contributed by atoms with van der Waals surface area (Å²) in [6.07, 6.45) is 7.58. The molecule has 1 fully saturated rings. The van der Waals surface area contributed by atoms with Gasteiger partial charge in [-0.3, -0.25) is 9.89 Å². The highest BCUT2D eigenvalue weighted by atomic mass is 19.1. The van der Waals surface area contributed by atoms with Gasteiger partial charge in [0.15, 0.2) is 5.96 Å². The third kappa shape index (κ3) is 6.29. The molecule has 2 aromatic rings. The topological polar surface area (TPSA) is 65.7 Å². The van der Waals surface area contributed by atoms with Crippen LogP contribution in [-0.4, -0.2) is 55.1 Å². The molecule has 1 aliphatic rings. The van der Waals surface area contributed by atoms with Crippen molar-refractivity contribution in [3.63, 3.8) is 0 Å². The molecule has 0 amide bonds. The Hall–Kier alpha value is -2.41. The van der Waals surface area contributed by atoms with Gasteiger partial charge in [0.05, 0.1) is 5.69 Å². The van der Waals surface area contributed by atoms with Gasteiger partial charge < -0.3 is 15.1 Å². The number of nitrogens with one attached hydrogen (secondary N) is 2. The Balaban J connectivity index is 1.39. The van der Waals surface area contributed by atoms with Gasteiger partial charge in [0.25, 0.3) is 0 Å². The average molecular weight is 402 g/mol. The SMILES string of the molecule is CCC1CCCCN1CCNC(=NC)NCCc1coc(-c2ccc(F)cc2)n1. The van der Waals surface area contributed by atoms with E-state index in [4.69, 9.17) is 4.42 Å². The molecule has 1 aromatic carbocycles. The zero-order chi connectivity index (χ0) is 20.5. The molecule has 7 heteroatoms. The van der Waals surface area contributed by atoms with Gasteiger partial charge in [-0.1, -0.05) is 13.3 Å². The van der Waals surface area contributed by atoms with Crippen molar-refractivity contribution >= 4 is 5.96 Å². The molecule has 158 valence electrons. The summed E-state index contributed by atoms with van der Waals surface area (Å²) in [5.74, 6) is 1.04. The Morgan fingerprint density at radius 3 is 2.79 bits per heavy atom. The van der Waals surface area contributed by atoms with Crippen LogP contribution in [0.2, 0.25) is 0 Å². The maximum atomic E-state index is 13.0. The predicted octanol–water partition coefficient (Wildman–Crippen LogP) is 3.45. The molecule has 0 spiro atoms. The molecule has 0 bridgehead atoms. The molecule has 1 saturated heterocycles. The van der Waals surface area contributed by atoms with Gasteiger partial charge in [-0.05, 0) is 50.1 Å². The van der Waals surface area contributed by atoms with E-state index in [1.165, 1.54) is 44.4 Å². The van der Waals surface area contributed by atoms with Crippen LogP contribution < -0.4 is 10.6 Å². The van der Waals surface area contributed by atoms with Crippen molar-refractivity contribution in [2.45, 2.75) is 45.1 Å². The molecule has 0 radical (unpaired) electrons. The summed E-state index contributed by atoms with van der Waals surface area (Å²) in [5.41, 5.74) is 1.62. The highest BCUT2D eigenvalue weighted by Gasteiger charge is 2.19. The van der Waals surface area contributed by atoms with Gasteiger partial charge in [-0.25, -0.2) is 9.37 Å². The van der Waals surface area contributed by atoms with Crippen LogP contribution >= 0.6 is 0 Å². The normalized spacial score (nSPS) is 18.0. The molecule has 1 atom stereocenters. The van der Waals surface area contributed by atoms with Gasteiger partial charge >= 0.3 is 0 Å². The first-order valence-corrected chi connectivity index (χ1v) is 10.6. The molecule has 1 unspecified atom stereocenters. The minimum atomic E-state index is -0.269. The summed E-state index contributed by atoms with van der Waals surface area (Å²) in [4.78, 5) is 11.4. The van der Waals surface area contributed by atoms with E-state index in [2.05, 4.69) is 32.4 Å². The number of oxazole rings is 1. The van der Waals surface area contributed by atoms with Crippen molar-refractivity contribution in [2.75, 3.05) is 33.2 Å². The Morgan fingerprint density at radius 2 is 2.03 bits per heavy atom. The molecule has 1 aromatic heterocycles. The lowest BCUT2D eigenvalue weighted by molar-refractivity contribution is 0.147. The molecular weight excluding hydrogens is 369 g/mol. The number of guanidine groups is 1. The summed E-state index contributed by atoms with van der Waals surface area (Å²) in [6.45, 7) is 6.12. The second-order valence-corrected chi connectivity index (χ2v) is 7.42. The fourth-order valence-electron chi connectivity index (χ4n) is 3.81. The van der Waals surface area contributed by atoms with Crippen LogP contribution in [-0.2, 0) is 6.42 Å². The van der Waals surface area contributed by atoms with E-state index in [1.54, 1.807) is 25.4 Å². The number of likely N-dealkylation sites (tertiary alicyclic amines) is 1. The van der Waals surface area contributed by atoms with Crippen LogP contribution in [0.25, 0.3) is 11.5 Å². The number of benzene rings is 1. The molecule has 29 heavy (non-hydrogen) atoms. The quantitative estimate of drug-likeness (QED) is 0.524. The number of nitrogens with zero attached hydrogens (tertiary/aromatic N) is 3. The van der Waals surface area contributed by atoms with E-state index in [9.17, 15) is 4.39 Å². The van der Waals surface area contributed by atoms with E-state index < -0.39 is 0 Å². The Kier molecular flexibility index (Phi) is 8.04. The summed E-state index contributed by atoms with van der Waals surface area (Å²) >= 11 is 0. The van der Waals surface area contributed by atoms with Crippen LogP contribution in [0, 0.1) is 5.82 Å². The first kappa shape index (κ1) is 21.3. The van der Waals surface area contributed by atoms with Crippen LogP contribution in [0.3, 0.4) is 0 Å². The second-order valence-electron chi connectivity index (χ2n) is 7.42. The summed E-state index contributed by atoms with van der Waals surface area (Å²) in [7, 11) is 1.79. The molecular formula is C22H32FN5O. The Morgan fingerprint density at radius 1 is 1.24 bits per heavy atom. The van der Waals surface area contributed by atoms with E-state index >= 15 is 0 Å². The third-order valence-corrected chi connectivity index (χ3v) is 5.45. The first-order chi connectivity index (χ1) is 14.2. The second kappa shape index (κ2) is 11.0. The number of piperidine rings is 1. The Labute approximate surface area is 172 Å². The molecule has 6 nitrogen and oxygen atoms in total. The monoisotopic (exact) mass is 401 g/mol. The zero-order valence-corrected chi connectivity index (χ0v) is 17.5. The van der Waals surface area contributed by atoms with Crippen molar-refractivity contribution in [3.05, 3.63) is 42.0 Å². The lowest BCUT2D eigenvalue weighted by Crippen LogP contribution is -2.46. The number of aromatic nitrogens is 1. The van der Waals surface area contributed by atoms with Gasteiger partial charge in [0.2, 0.25) is 5.89 Å². The maximum absolute atomic E-state index is 13.0. The van der Waals surface area contributed by atoms with E-state index in [-0.39, 0.29) is 5.82 Å². The van der Waals surface area contributed by atoms with Gasteiger partial charge in [-0.15, -0.1) is 0 Å². The van der Waals surface area contributed by atoms with Crippen molar-refractivity contribution in [2.24, 2.45) is 4.99 Å². The lowest BCUT2D eigenvalue weighted by Gasteiger charge is -2.35. The minimum Gasteiger partial charge on any atom is -0.444 e.